The smallest absolute Gasteiger partial charge is 0.234 e. The first-order valence-corrected chi connectivity index (χ1v) is 5.79. The molecular formula is C6H12N2O3S2. The summed E-state index contributed by atoms with van der Waals surface area (Å²) in [6, 6.07) is 0. The zero-order valence-electron chi connectivity index (χ0n) is 7.24. The number of thiocarbonyl (C=S) groups is 1. The van der Waals surface area contributed by atoms with E-state index >= 15 is 0 Å². The standard InChI is InChI=1S/C6H12N2O3S2/c1-8-6(9)4-13(10,11)3-2-5(7)12/h2-4H2,1H3,(H2,7,12)(H,8,9). The van der Waals surface area contributed by atoms with Crippen LogP contribution in [0.25, 0.3) is 0 Å². The van der Waals surface area contributed by atoms with E-state index in [1.165, 1.54) is 7.05 Å². The molecule has 76 valence electrons. The zero-order valence-corrected chi connectivity index (χ0v) is 8.87. The van der Waals surface area contributed by atoms with Crippen molar-refractivity contribution in [2.75, 3.05) is 18.6 Å². The molecule has 0 aromatic heterocycles. The van der Waals surface area contributed by atoms with Crippen LogP contribution in [0, 0.1) is 0 Å². The molecule has 0 unspecified atom stereocenters. The summed E-state index contributed by atoms with van der Waals surface area (Å²) in [6.45, 7) is 0. The molecular weight excluding hydrogens is 212 g/mol. The molecule has 0 spiro atoms. The van der Waals surface area contributed by atoms with Crippen molar-refractivity contribution in [2.45, 2.75) is 6.42 Å². The third-order valence-electron chi connectivity index (χ3n) is 1.29. The maximum absolute atomic E-state index is 11.1. The largest absolute Gasteiger partial charge is 0.393 e. The fraction of sp³-hybridized carbons (Fsp3) is 0.667. The summed E-state index contributed by atoms with van der Waals surface area (Å²) in [5.74, 6) is -1.20. The van der Waals surface area contributed by atoms with Gasteiger partial charge in [0.25, 0.3) is 0 Å². The normalized spacial score (nSPS) is 10.8. The lowest BCUT2D eigenvalue weighted by Gasteiger charge is -2.01. The van der Waals surface area contributed by atoms with Crippen LogP contribution in [-0.4, -0.2) is 37.9 Å². The van der Waals surface area contributed by atoms with Crippen molar-refractivity contribution in [3.8, 4) is 0 Å². The molecule has 0 heterocycles. The summed E-state index contributed by atoms with van der Waals surface area (Å²) >= 11 is 4.52. The van der Waals surface area contributed by atoms with Crippen molar-refractivity contribution in [3.05, 3.63) is 0 Å². The maximum atomic E-state index is 11.1. The van der Waals surface area contributed by atoms with Gasteiger partial charge in [0.1, 0.15) is 5.75 Å². The molecule has 7 heteroatoms. The van der Waals surface area contributed by atoms with E-state index in [-0.39, 0.29) is 17.2 Å². The number of amides is 1. The van der Waals surface area contributed by atoms with E-state index < -0.39 is 21.5 Å². The quantitative estimate of drug-likeness (QED) is 0.574. The number of nitrogens with one attached hydrogen (secondary N) is 1. The van der Waals surface area contributed by atoms with Crippen LogP contribution in [0.1, 0.15) is 6.42 Å². The van der Waals surface area contributed by atoms with Crippen LogP contribution in [0.2, 0.25) is 0 Å². The fourth-order valence-corrected chi connectivity index (χ4v) is 2.05. The molecule has 0 aromatic rings. The molecule has 1 amide bonds. The van der Waals surface area contributed by atoms with Crippen molar-refractivity contribution in [3.63, 3.8) is 0 Å². The van der Waals surface area contributed by atoms with Gasteiger partial charge in [-0.15, -0.1) is 0 Å². The first kappa shape index (κ1) is 12.3. The summed E-state index contributed by atoms with van der Waals surface area (Å²) in [6.07, 6.45) is 0.120. The van der Waals surface area contributed by atoms with Crippen LogP contribution in [-0.2, 0) is 14.6 Å². The molecule has 0 aliphatic heterocycles. The first-order chi connectivity index (χ1) is 5.87. The minimum atomic E-state index is -3.37. The summed E-state index contributed by atoms with van der Waals surface area (Å²) in [7, 11) is -1.99. The monoisotopic (exact) mass is 224 g/mol. The Bertz CT molecular complexity index is 297. The first-order valence-electron chi connectivity index (χ1n) is 3.56. The molecule has 3 N–H and O–H groups in total. The van der Waals surface area contributed by atoms with E-state index in [1.807, 2.05) is 0 Å². The summed E-state index contributed by atoms with van der Waals surface area (Å²) in [5, 5.41) is 2.23. The van der Waals surface area contributed by atoms with E-state index in [1.54, 1.807) is 0 Å². The molecule has 5 nitrogen and oxygen atoms in total. The van der Waals surface area contributed by atoms with E-state index in [0.29, 0.717) is 0 Å². The van der Waals surface area contributed by atoms with Crippen LogP contribution < -0.4 is 11.1 Å². The highest BCUT2D eigenvalue weighted by atomic mass is 32.2. The molecule has 0 radical (unpaired) electrons. The number of nitrogens with two attached hydrogens (primary N) is 1. The Morgan fingerprint density at radius 3 is 2.46 bits per heavy atom. The topological polar surface area (TPSA) is 89.3 Å². The highest BCUT2D eigenvalue weighted by Crippen LogP contribution is 1.94. The number of hydrogen-bond donors (Lipinski definition) is 2. The molecule has 0 rings (SSSR count). The van der Waals surface area contributed by atoms with Crippen molar-refractivity contribution >= 4 is 33.0 Å². The minimum Gasteiger partial charge on any atom is -0.393 e. The average Bonchev–Trinajstić information content (AvgIpc) is 2.00. The van der Waals surface area contributed by atoms with Crippen molar-refractivity contribution in [1.82, 2.24) is 5.32 Å². The summed E-state index contributed by atoms with van der Waals surface area (Å²) < 4.78 is 22.3. The van der Waals surface area contributed by atoms with Gasteiger partial charge in [-0.1, -0.05) is 12.2 Å². The van der Waals surface area contributed by atoms with Gasteiger partial charge >= 0.3 is 0 Å². The van der Waals surface area contributed by atoms with Crippen LogP contribution in [0.4, 0.5) is 0 Å². The Labute approximate surface area is 82.6 Å². The second-order valence-electron chi connectivity index (χ2n) is 2.48. The van der Waals surface area contributed by atoms with Gasteiger partial charge in [-0.25, -0.2) is 8.42 Å². The van der Waals surface area contributed by atoms with E-state index in [0.717, 1.165) is 0 Å². The molecule has 0 atom stereocenters. The second kappa shape index (κ2) is 5.13. The third-order valence-corrected chi connectivity index (χ3v) is 3.02. The second-order valence-corrected chi connectivity index (χ2v) is 5.19. The van der Waals surface area contributed by atoms with Crippen LogP contribution in [0.5, 0.6) is 0 Å². The lowest BCUT2D eigenvalue weighted by atomic mass is 10.5. The highest BCUT2D eigenvalue weighted by Gasteiger charge is 2.15. The number of carbonyl (C=O) groups excluding carboxylic acids is 1. The van der Waals surface area contributed by atoms with E-state index in [9.17, 15) is 13.2 Å². The van der Waals surface area contributed by atoms with Gasteiger partial charge in [0, 0.05) is 13.5 Å². The lowest BCUT2D eigenvalue weighted by Crippen LogP contribution is -2.29. The Balaban J connectivity index is 4.10. The molecule has 0 bridgehead atoms. The van der Waals surface area contributed by atoms with Gasteiger partial charge < -0.3 is 11.1 Å². The highest BCUT2D eigenvalue weighted by molar-refractivity contribution is 7.92. The molecule has 13 heavy (non-hydrogen) atoms. The van der Waals surface area contributed by atoms with E-state index in [4.69, 9.17) is 5.73 Å². The lowest BCUT2D eigenvalue weighted by molar-refractivity contribution is -0.118. The molecule has 0 aliphatic rings. The Morgan fingerprint density at radius 1 is 1.54 bits per heavy atom. The molecule has 0 aliphatic carbocycles. The number of rotatable bonds is 5. The summed E-state index contributed by atoms with van der Waals surface area (Å²) in [4.78, 5) is 10.9. The van der Waals surface area contributed by atoms with Crippen LogP contribution >= 0.6 is 12.2 Å². The van der Waals surface area contributed by atoms with Crippen molar-refractivity contribution in [2.24, 2.45) is 5.73 Å². The predicted octanol–water partition coefficient (Wildman–Crippen LogP) is -1.18. The number of carbonyl (C=O) groups is 1. The molecule has 0 aromatic carbocycles. The Kier molecular flexibility index (Phi) is 4.86. The molecule has 0 saturated carbocycles. The van der Waals surface area contributed by atoms with Gasteiger partial charge in [0.05, 0.1) is 10.7 Å². The Morgan fingerprint density at radius 2 is 2.08 bits per heavy atom. The van der Waals surface area contributed by atoms with Crippen molar-refractivity contribution < 1.29 is 13.2 Å². The Hall–Kier alpha value is -0.690. The minimum absolute atomic E-state index is 0.120. The van der Waals surface area contributed by atoms with Gasteiger partial charge in [-0.3, -0.25) is 4.79 Å². The zero-order chi connectivity index (χ0) is 10.5. The van der Waals surface area contributed by atoms with Gasteiger partial charge in [0.2, 0.25) is 5.91 Å². The van der Waals surface area contributed by atoms with Crippen molar-refractivity contribution in [1.29, 1.82) is 0 Å². The SMILES string of the molecule is CNC(=O)CS(=O)(=O)CCC(N)=S. The number of hydrogen-bond acceptors (Lipinski definition) is 4. The predicted molar refractivity (Wildman–Crippen MR) is 54.1 cm³/mol. The van der Waals surface area contributed by atoms with Crippen LogP contribution in [0.3, 0.4) is 0 Å². The van der Waals surface area contributed by atoms with E-state index in [2.05, 4.69) is 17.5 Å². The molecule has 0 saturated heterocycles. The molecule has 0 fully saturated rings. The van der Waals surface area contributed by atoms with Gasteiger partial charge in [-0.2, -0.15) is 0 Å². The average molecular weight is 224 g/mol. The van der Waals surface area contributed by atoms with Crippen LogP contribution in [0.15, 0.2) is 0 Å². The van der Waals surface area contributed by atoms with Gasteiger partial charge in [-0.05, 0) is 0 Å². The summed E-state index contributed by atoms with van der Waals surface area (Å²) in [5.41, 5.74) is 5.13. The maximum Gasteiger partial charge on any atom is 0.234 e. The van der Waals surface area contributed by atoms with Gasteiger partial charge in [0.15, 0.2) is 9.84 Å². The number of sulfone groups is 1. The fourth-order valence-electron chi connectivity index (χ4n) is 0.600. The third kappa shape index (κ3) is 6.47.